The highest BCUT2D eigenvalue weighted by atomic mass is 79.9. The molecule has 0 atom stereocenters. The van der Waals surface area contributed by atoms with Crippen LogP contribution in [0.2, 0.25) is 0 Å². The zero-order valence-corrected chi connectivity index (χ0v) is 10.7. The number of aryl methyl sites for hydroxylation is 2. The van der Waals surface area contributed by atoms with E-state index < -0.39 is 0 Å². The molecule has 4 heteroatoms. The van der Waals surface area contributed by atoms with Crippen LogP contribution in [0, 0.1) is 13.8 Å². The van der Waals surface area contributed by atoms with Gasteiger partial charge in [0.25, 0.3) is 0 Å². The van der Waals surface area contributed by atoms with Gasteiger partial charge in [-0.1, -0.05) is 17.2 Å². The van der Waals surface area contributed by atoms with Crippen molar-refractivity contribution in [1.29, 1.82) is 0 Å². The number of benzene rings is 1. The number of nitrogens with two attached hydrogens (primary N) is 1. The smallest absolute Gasteiger partial charge is 0.161 e. The number of hydrogen-bond acceptors (Lipinski definition) is 3. The van der Waals surface area contributed by atoms with Crippen LogP contribution in [-0.4, -0.2) is 9.97 Å². The fraction of sp³-hybridized carbons (Fsp3) is 0.167. The van der Waals surface area contributed by atoms with Gasteiger partial charge in [-0.2, -0.15) is 0 Å². The number of aromatic nitrogens is 2. The van der Waals surface area contributed by atoms with E-state index in [1.54, 1.807) is 6.20 Å². The van der Waals surface area contributed by atoms with Gasteiger partial charge in [-0.05, 0) is 41.9 Å². The Bertz CT molecular complexity index is 518. The fourth-order valence-electron chi connectivity index (χ4n) is 1.62. The third kappa shape index (κ3) is 2.22. The Hall–Kier alpha value is -1.42. The minimum Gasteiger partial charge on any atom is -0.383 e. The van der Waals surface area contributed by atoms with Crippen molar-refractivity contribution in [3.63, 3.8) is 0 Å². The predicted molar refractivity (Wildman–Crippen MR) is 69.1 cm³/mol. The third-order valence-corrected chi connectivity index (χ3v) is 2.86. The Morgan fingerprint density at radius 1 is 1.12 bits per heavy atom. The molecule has 0 fully saturated rings. The van der Waals surface area contributed by atoms with Gasteiger partial charge in [-0.25, -0.2) is 9.97 Å². The molecule has 0 aliphatic carbocycles. The van der Waals surface area contributed by atoms with Crippen molar-refractivity contribution in [1.82, 2.24) is 9.97 Å². The van der Waals surface area contributed by atoms with Gasteiger partial charge in [-0.3, -0.25) is 0 Å². The quantitative estimate of drug-likeness (QED) is 0.872. The van der Waals surface area contributed by atoms with Crippen molar-refractivity contribution in [2.45, 2.75) is 13.8 Å². The molecule has 82 valence electrons. The summed E-state index contributed by atoms with van der Waals surface area (Å²) in [6, 6.07) is 6.22. The van der Waals surface area contributed by atoms with Crippen molar-refractivity contribution in [2.24, 2.45) is 0 Å². The zero-order chi connectivity index (χ0) is 11.7. The Labute approximate surface area is 103 Å². The lowest BCUT2D eigenvalue weighted by atomic mass is 10.1. The van der Waals surface area contributed by atoms with Crippen LogP contribution in [0.25, 0.3) is 11.4 Å². The van der Waals surface area contributed by atoms with Crippen LogP contribution in [0.4, 0.5) is 5.82 Å². The van der Waals surface area contributed by atoms with Gasteiger partial charge < -0.3 is 5.73 Å². The summed E-state index contributed by atoms with van der Waals surface area (Å²) < 4.78 is 0.723. The van der Waals surface area contributed by atoms with E-state index in [9.17, 15) is 0 Å². The maximum absolute atomic E-state index is 5.74. The molecule has 1 heterocycles. The van der Waals surface area contributed by atoms with E-state index in [0.29, 0.717) is 11.6 Å². The molecule has 0 amide bonds. The first-order valence-electron chi connectivity index (χ1n) is 4.93. The molecule has 2 aromatic rings. The maximum Gasteiger partial charge on any atom is 0.161 e. The Balaban J connectivity index is 2.54. The second-order valence-corrected chi connectivity index (χ2v) is 4.66. The second-order valence-electron chi connectivity index (χ2n) is 3.80. The van der Waals surface area contributed by atoms with Crippen LogP contribution in [-0.2, 0) is 0 Å². The monoisotopic (exact) mass is 277 g/mol. The molecule has 0 saturated heterocycles. The summed E-state index contributed by atoms with van der Waals surface area (Å²) in [5.41, 5.74) is 9.12. The first-order valence-corrected chi connectivity index (χ1v) is 5.72. The van der Waals surface area contributed by atoms with Gasteiger partial charge in [0.15, 0.2) is 5.82 Å². The Morgan fingerprint density at radius 3 is 2.31 bits per heavy atom. The normalized spacial score (nSPS) is 10.4. The molecule has 2 N–H and O–H groups in total. The SMILES string of the molecule is Cc1cc(C)cc(-c2ncc(Br)c(N)n2)c1. The molecule has 0 radical (unpaired) electrons. The number of nitrogen functional groups attached to an aromatic ring is 1. The molecule has 0 aliphatic rings. The molecular formula is C12H12BrN3. The first-order chi connectivity index (χ1) is 7.56. The summed E-state index contributed by atoms with van der Waals surface area (Å²) in [6.07, 6.45) is 1.68. The summed E-state index contributed by atoms with van der Waals surface area (Å²) in [5.74, 6) is 1.12. The molecule has 0 bridgehead atoms. The molecular weight excluding hydrogens is 266 g/mol. The first kappa shape index (κ1) is 11.1. The maximum atomic E-state index is 5.74. The van der Waals surface area contributed by atoms with Gasteiger partial charge >= 0.3 is 0 Å². The highest BCUT2D eigenvalue weighted by Gasteiger charge is 2.05. The highest BCUT2D eigenvalue weighted by Crippen LogP contribution is 2.22. The highest BCUT2D eigenvalue weighted by molar-refractivity contribution is 9.10. The van der Waals surface area contributed by atoms with Crippen LogP contribution in [0.5, 0.6) is 0 Å². The minimum absolute atomic E-state index is 0.462. The number of hydrogen-bond donors (Lipinski definition) is 1. The van der Waals surface area contributed by atoms with Crippen LogP contribution in [0.3, 0.4) is 0 Å². The van der Waals surface area contributed by atoms with Crippen LogP contribution >= 0.6 is 15.9 Å². The second kappa shape index (κ2) is 4.22. The van der Waals surface area contributed by atoms with E-state index in [1.165, 1.54) is 11.1 Å². The summed E-state index contributed by atoms with van der Waals surface area (Å²) in [4.78, 5) is 8.50. The van der Waals surface area contributed by atoms with Crippen LogP contribution < -0.4 is 5.73 Å². The summed E-state index contributed by atoms with van der Waals surface area (Å²) in [6.45, 7) is 4.11. The van der Waals surface area contributed by atoms with E-state index in [4.69, 9.17) is 5.73 Å². The molecule has 3 nitrogen and oxygen atoms in total. The van der Waals surface area contributed by atoms with Gasteiger partial charge in [0.05, 0.1) is 4.47 Å². The molecule has 0 aliphatic heterocycles. The molecule has 0 unspecified atom stereocenters. The summed E-state index contributed by atoms with van der Waals surface area (Å²) in [7, 11) is 0. The van der Waals surface area contributed by atoms with E-state index in [0.717, 1.165) is 10.0 Å². The van der Waals surface area contributed by atoms with Crippen LogP contribution in [0.1, 0.15) is 11.1 Å². The van der Waals surface area contributed by atoms with E-state index in [1.807, 2.05) is 0 Å². The Morgan fingerprint density at radius 2 is 1.75 bits per heavy atom. The standard InChI is InChI=1S/C12H12BrN3/c1-7-3-8(2)5-9(4-7)12-15-6-10(13)11(14)16-12/h3-6H,1-2H3,(H2,14,15,16). The summed E-state index contributed by atoms with van der Waals surface area (Å²) in [5, 5.41) is 0. The van der Waals surface area contributed by atoms with Crippen LogP contribution in [0.15, 0.2) is 28.9 Å². The Kier molecular flexibility index (Phi) is 2.92. The summed E-state index contributed by atoms with van der Waals surface area (Å²) >= 11 is 3.28. The van der Waals surface area contributed by atoms with Gasteiger partial charge in [0, 0.05) is 11.8 Å². The number of nitrogens with zero attached hydrogens (tertiary/aromatic N) is 2. The molecule has 0 spiro atoms. The minimum atomic E-state index is 0.462. The predicted octanol–water partition coefficient (Wildman–Crippen LogP) is 3.11. The van der Waals surface area contributed by atoms with Crippen molar-refractivity contribution >= 4 is 21.7 Å². The molecule has 2 rings (SSSR count). The lowest BCUT2D eigenvalue weighted by Crippen LogP contribution is -1.97. The van der Waals surface area contributed by atoms with Crippen molar-refractivity contribution in [3.8, 4) is 11.4 Å². The van der Waals surface area contributed by atoms with E-state index in [-0.39, 0.29) is 0 Å². The molecule has 1 aromatic heterocycles. The van der Waals surface area contributed by atoms with Gasteiger partial charge in [0.1, 0.15) is 5.82 Å². The van der Waals surface area contributed by atoms with Crippen molar-refractivity contribution in [3.05, 3.63) is 40.0 Å². The lowest BCUT2D eigenvalue weighted by Gasteiger charge is -2.05. The zero-order valence-electron chi connectivity index (χ0n) is 9.16. The molecule has 0 saturated carbocycles. The third-order valence-electron chi connectivity index (χ3n) is 2.25. The number of rotatable bonds is 1. The van der Waals surface area contributed by atoms with Crippen molar-refractivity contribution < 1.29 is 0 Å². The van der Waals surface area contributed by atoms with Gasteiger partial charge in [-0.15, -0.1) is 0 Å². The van der Waals surface area contributed by atoms with Crippen molar-refractivity contribution in [2.75, 3.05) is 5.73 Å². The van der Waals surface area contributed by atoms with Gasteiger partial charge in [0.2, 0.25) is 0 Å². The largest absolute Gasteiger partial charge is 0.383 e. The molecule has 16 heavy (non-hydrogen) atoms. The fourth-order valence-corrected chi connectivity index (χ4v) is 1.81. The lowest BCUT2D eigenvalue weighted by molar-refractivity contribution is 1.16. The van der Waals surface area contributed by atoms with E-state index in [2.05, 4.69) is 57.9 Å². The molecule has 1 aromatic carbocycles. The number of halogens is 1. The average molecular weight is 278 g/mol. The average Bonchev–Trinajstić information content (AvgIpc) is 2.20. The van der Waals surface area contributed by atoms with E-state index >= 15 is 0 Å². The topological polar surface area (TPSA) is 51.8 Å². The number of anilines is 1.